The molecule has 0 aliphatic heterocycles. The average molecular weight is 202 g/mol. The molecule has 0 saturated heterocycles. The molecular weight excluding hydrogens is 188 g/mol. The van der Waals surface area contributed by atoms with Crippen LogP contribution in [-0.2, 0) is 4.79 Å². The fraction of sp³-hybridized carbons (Fsp3) is 0.333. The molecule has 0 unspecified atom stereocenters. The Hall–Kier alpha value is -1.64. The Kier molecular flexibility index (Phi) is 2.81. The fourth-order valence-corrected chi connectivity index (χ4v) is 1.33. The van der Waals surface area contributed by atoms with E-state index >= 15 is 0 Å². The van der Waals surface area contributed by atoms with Gasteiger partial charge in [-0.1, -0.05) is 24.3 Å². The molecule has 0 spiro atoms. The molecule has 0 heterocycles. The van der Waals surface area contributed by atoms with Crippen LogP contribution in [0.15, 0.2) is 29.4 Å². The van der Waals surface area contributed by atoms with Crippen molar-refractivity contribution in [1.82, 2.24) is 5.43 Å². The van der Waals surface area contributed by atoms with Gasteiger partial charge in [-0.25, -0.2) is 5.43 Å². The molecular formula is C12H14N2O. The minimum Gasteiger partial charge on any atom is -0.273 e. The van der Waals surface area contributed by atoms with Gasteiger partial charge in [-0.3, -0.25) is 4.79 Å². The van der Waals surface area contributed by atoms with Gasteiger partial charge in [-0.15, -0.1) is 0 Å². The zero-order valence-corrected chi connectivity index (χ0v) is 8.73. The van der Waals surface area contributed by atoms with E-state index in [1.807, 2.05) is 31.2 Å². The summed E-state index contributed by atoms with van der Waals surface area (Å²) >= 11 is 0. The van der Waals surface area contributed by atoms with Crippen LogP contribution in [0, 0.1) is 12.8 Å². The molecule has 1 aromatic rings. The summed E-state index contributed by atoms with van der Waals surface area (Å²) < 4.78 is 0. The first-order valence-corrected chi connectivity index (χ1v) is 5.16. The Morgan fingerprint density at radius 3 is 2.87 bits per heavy atom. The van der Waals surface area contributed by atoms with E-state index in [0.29, 0.717) is 0 Å². The lowest BCUT2D eigenvalue weighted by atomic mass is 10.1. The van der Waals surface area contributed by atoms with Crippen LogP contribution in [0.2, 0.25) is 0 Å². The second-order valence-corrected chi connectivity index (χ2v) is 3.87. The standard InChI is InChI=1S/C12H14N2O/c1-9-4-2-3-5-11(9)8-13-14-12(15)10-6-7-10/h2-5,8,10H,6-7H2,1H3,(H,14,15)/b13-8+. The van der Waals surface area contributed by atoms with Gasteiger partial charge < -0.3 is 0 Å². The van der Waals surface area contributed by atoms with E-state index in [1.54, 1.807) is 6.21 Å². The Morgan fingerprint density at radius 1 is 1.47 bits per heavy atom. The lowest BCUT2D eigenvalue weighted by molar-refractivity contribution is -0.122. The summed E-state index contributed by atoms with van der Waals surface area (Å²) in [5.41, 5.74) is 4.74. The molecule has 15 heavy (non-hydrogen) atoms. The molecule has 1 N–H and O–H groups in total. The number of carbonyl (C=O) groups excluding carboxylic acids is 1. The zero-order chi connectivity index (χ0) is 10.7. The number of nitrogens with zero attached hydrogens (tertiary/aromatic N) is 1. The van der Waals surface area contributed by atoms with Crippen molar-refractivity contribution < 1.29 is 4.79 Å². The summed E-state index contributed by atoms with van der Waals surface area (Å²) in [6.45, 7) is 2.02. The monoisotopic (exact) mass is 202 g/mol. The highest BCUT2D eigenvalue weighted by Gasteiger charge is 2.29. The number of hydrazone groups is 1. The molecule has 1 aromatic carbocycles. The van der Waals surface area contributed by atoms with Crippen LogP contribution in [0.5, 0.6) is 0 Å². The molecule has 1 aliphatic rings. The number of benzene rings is 1. The Balaban J connectivity index is 1.93. The minimum absolute atomic E-state index is 0.0415. The number of hydrogen-bond donors (Lipinski definition) is 1. The molecule has 1 saturated carbocycles. The second-order valence-electron chi connectivity index (χ2n) is 3.87. The molecule has 0 atom stereocenters. The van der Waals surface area contributed by atoms with Gasteiger partial charge in [0.1, 0.15) is 0 Å². The summed E-state index contributed by atoms with van der Waals surface area (Å²) in [7, 11) is 0. The smallest absolute Gasteiger partial charge is 0.243 e. The largest absolute Gasteiger partial charge is 0.273 e. The third-order valence-electron chi connectivity index (χ3n) is 2.51. The van der Waals surface area contributed by atoms with Crippen molar-refractivity contribution in [2.24, 2.45) is 11.0 Å². The van der Waals surface area contributed by atoms with Crippen LogP contribution in [0.25, 0.3) is 0 Å². The van der Waals surface area contributed by atoms with Crippen molar-refractivity contribution in [2.75, 3.05) is 0 Å². The van der Waals surface area contributed by atoms with Crippen molar-refractivity contribution >= 4 is 12.1 Å². The van der Waals surface area contributed by atoms with E-state index in [4.69, 9.17) is 0 Å². The van der Waals surface area contributed by atoms with Crippen molar-refractivity contribution in [3.8, 4) is 0 Å². The Bertz CT molecular complexity index is 394. The molecule has 0 bridgehead atoms. The van der Waals surface area contributed by atoms with E-state index < -0.39 is 0 Å². The van der Waals surface area contributed by atoms with Gasteiger partial charge in [0.2, 0.25) is 5.91 Å². The molecule has 3 nitrogen and oxygen atoms in total. The summed E-state index contributed by atoms with van der Waals surface area (Å²) in [4.78, 5) is 11.3. The molecule has 0 aromatic heterocycles. The van der Waals surface area contributed by atoms with Crippen molar-refractivity contribution in [1.29, 1.82) is 0 Å². The number of amides is 1. The number of rotatable bonds is 3. The molecule has 1 aliphatic carbocycles. The lowest BCUT2D eigenvalue weighted by Gasteiger charge is -1.98. The van der Waals surface area contributed by atoms with Gasteiger partial charge in [0.25, 0.3) is 0 Å². The lowest BCUT2D eigenvalue weighted by Crippen LogP contribution is -2.19. The van der Waals surface area contributed by atoms with Crippen LogP contribution in [-0.4, -0.2) is 12.1 Å². The molecule has 78 valence electrons. The van der Waals surface area contributed by atoms with Gasteiger partial charge in [-0.05, 0) is 30.9 Å². The predicted octanol–water partition coefficient (Wildman–Crippen LogP) is 1.86. The van der Waals surface area contributed by atoms with Crippen LogP contribution < -0.4 is 5.43 Å². The van der Waals surface area contributed by atoms with Crippen molar-refractivity contribution in [3.05, 3.63) is 35.4 Å². The van der Waals surface area contributed by atoms with Crippen LogP contribution in [0.3, 0.4) is 0 Å². The van der Waals surface area contributed by atoms with E-state index in [2.05, 4.69) is 10.5 Å². The zero-order valence-electron chi connectivity index (χ0n) is 8.73. The Labute approximate surface area is 89.2 Å². The SMILES string of the molecule is Cc1ccccc1/C=N/NC(=O)C1CC1. The topological polar surface area (TPSA) is 41.5 Å². The second kappa shape index (κ2) is 4.26. The summed E-state index contributed by atoms with van der Waals surface area (Å²) in [5, 5.41) is 3.94. The van der Waals surface area contributed by atoms with Crippen LogP contribution in [0.4, 0.5) is 0 Å². The summed E-state index contributed by atoms with van der Waals surface area (Å²) in [5.74, 6) is 0.249. The van der Waals surface area contributed by atoms with Gasteiger partial charge in [0.15, 0.2) is 0 Å². The van der Waals surface area contributed by atoms with Crippen LogP contribution in [0.1, 0.15) is 24.0 Å². The minimum atomic E-state index is 0.0415. The van der Waals surface area contributed by atoms with E-state index in [1.165, 1.54) is 0 Å². The van der Waals surface area contributed by atoms with Crippen molar-refractivity contribution in [3.63, 3.8) is 0 Å². The first-order valence-electron chi connectivity index (χ1n) is 5.16. The fourth-order valence-electron chi connectivity index (χ4n) is 1.33. The van der Waals surface area contributed by atoms with Gasteiger partial charge in [0, 0.05) is 5.92 Å². The molecule has 1 fully saturated rings. The summed E-state index contributed by atoms with van der Waals surface area (Å²) in [6, 6.07) is 7.93. The first-order chi connectivity index (χ1) is 7.27. The third-order valence-corrected chi connectivity index (χ3v) is 2.51. The number of carbonyl (C=O) groups is 1. The Morgan fingerprint density at radius 2 is 2.20 bits per heavy atom. The maximum atomic E-state index is 11.3. The molecule has 0 radical (unpaired) electrons. The van der Waals surface area contributed by atoms with E-state index in [0.717, 1.165) is 24.0 Å². The predicted molar refractivity (Wildman–Crippen MR) is 59.6 cm³/mol. The molecule has 1 amide bonds. The summed E-state index contributed by atoms with van der Waals surface area (Å²) in [6.07, 6.45) is 3.70. The highest BCUT2D eigenvalue weighted by Crippen LogP contribution is 2.28. The highest BCUT2D eigenvalue weighted by atomic mass is 16.2. The van der Waals surface area contributed by atoms with E-state index in [9.17, 15) is 4.79 Å². The first kappa shape index (κ1) is 9.90. The maximum absolute atomic E-state index is 11.3. The van der Waals surface area contributed by atoms with Gasteiger partial charge >= 0.3 is 0 Å². The molecule has 2 rings (SSSR count). The third kappa shape index (κ3) is 2.65. The quantitative estimate of drug-likeness (QED) is 0.590. The highest BCUT2D eigenvalue weighted by molar-refractivity contribution is 5.85. The van der Waals surface area contributed by atoms with Gasteiger partial charge in [-0.2, -0.15) is 5.10 Å². The average Bonchev–Trinajstić information content (AvgIpc) is 3.04. The van der Waals surface area contributed by atoms with Gasteiger partial charge in [0.05, 0.1) is 6.21 Å². The number of hydrogen-bond acceptors (Lipinski definition) is 2. The van der Waals surface area contributed by atoms with Crippen molar-refractivity contribution in [2.45, 2.75) is 19.8 Å². The number of nitrogens with one attached hydrogen (secondary N) is 1. The maximum Gasteiger partial charge on any atom is 0.243 e. The number of aryl methyl sites for hydroxylation is 1. The normalized spacial score (nSPS) is 15.5. The van der Waals surface area contributed by atoms with E-state index in [-0.39, 0.29) is 11.8 Å². The molecule has 3 heteroatoms. The van der Waals surface area contributed by atoms with Crippen LogP contribution >= 0.6 is 0 Å².